The second kappa shape index (κ2) is 14.6. The number of nitrogens with zero attached hydrogens (tertiary/aromatic N) is 5. The van der Waals surface area contributed by atoms with Gasteiger partial charge in [0.15, 0.2) is 11.4 Å². The molecule has 0 spiro atoms. The van der Waals surface area contributed by atoms with Crippen LogP contribution in [0.4, 0.5) is 11.5 Å². The van der Waals surface area contributed by atoms with Crippen LogP contribution >= 0.6 is 0 Å². The molecule has 44 heavy (non-hydrogen) atoms. The molecule has 0 unspecified atom stereocenters. The lowest BCUT2D eigenvalue weighted by atomic mass is 10.1. The minimum atomic E-state index is -0.368. The number of aromatic nitrogens is 4. The SMILES string of the molecule is C=CC(=O)Nc1cc(-c2nn(C3CCN(CC(=O)NCCCCNC)CC3)c3ncnc(N)c23)ccc1Oc1ccccc1. The normalized spacial score (nSPS) is 13.9. The number of amides is 2. The van der Waals surface area contributed by atoms with Crippen molar-refractivity contribution in [2.75, 3.05) is 50.8 Å². The van der Waals surface area contributed by atoms with Crippen LogP contribution in [0.25, 0.3) is 22.3 Å². The number of fused-ring (bicyclic) bond motifs is 1. The smallest absolute Gasteiger partial charge is 0.247 e. The summed E-state index contributed by atoms with van der Waals surface area (Å²) >= 11 is 0. The van der Waals surface area contributed by atoms with Crippen LogP contribution in [0.2, 0.25) is 0 Å². The highest BCUT2D eigenvalue weighted by Crippen LogP contribution is 2.38. The van der Waals surface area contributed by atoms with Crippen LogP contribution < -0.4 is 26.4 Å². The highest BCUT2D eigenvalue weighted by molar-refractivity contribution is 6.02. The van der Waals surface area contributed by atoms with Crippen molar-refractivity contribution in [1.29, 1.82) is 0 Å². The van der Waals surface area contributed by atoms with Gasteiger partial charge in [-0.1, -0.05) is 24.8 Å². The van der Waals surface area contributed by atoms with Crippen LogP contribution in [0, 0.1) is 0 Å². The number of carbonyl (C=O) groups excluding carboxylic acids is 2. The van der Waals surface area contributed by atoms with Gasteiger partial charge < -0.3 is 26.4 Å². The molecule has 1 saturated heterocycles. The molecule has 5 rings (SSSR count). The zero-order chi connectivity index (χ0) is 30.9. The standard InChI is InChI=1S/C32H39N9O3/c1-3-27(42)38-25-19-22(11-12-26(25)44-24-9-5-4-6-10-24)30-29-31(33)36-21-37-32(29)41(39-30)23-13-17-40(18-14-23)20-28(43)35-16-8-7-15-34-2/h3-6,9-12,19,21,23,34H,1,7-8,13-18,20H2,2H3,(H,35,43)(H,38,42)(H2,33,36,37). The zero-order valence-corrected chi connectivity index (χ0v) is 25.0. The maximum atomic E-state index is 12.5. The van der Waals surface area contributed by atoms with E-state index in [0.717, 1.165) is 50.9 Å². The Kier molecular flexibility index (Phi) is 10.2. The quantitative estimate of drug-likeness (QED) is 0.133. The van der Waals surface area contributed by atoms with Gasteiger partial charge in [0.25, 0.3) is 0 Å². The summed E-state index contributed by atoms with van der Waals surface area (Å²) in [4.78, 5) is 35.8. The highest BCUT2D eigenvalue weighted by Gasteiger charge is 2.27. The average molecular weight is 598 g/mol. The molecular weight excluding hydrogens is 558 g/mol. The molecule has 12 nitrogen and oxygen atoms in total. The number of ether oxygens (including phenoxy) is 1. The van der Waals surface area contributed by atoms with Gasteiger partial charge >= 0.3 is 0 Å². The van der Waals surface area contributed by atoms with Gasteiger partial charge in [0.2, 0.25) is 11.8 Å². The summed E-state index contributed by atoms with van der Waals surface area (Å²) in [6.45, 7) is 7.12. The van der Waals surface area contributed by atoms with E-state index in [9.17, 15) is 9.59 Å². The summed E-state index contributed by atoms with van der Waals surface area (Å²) in [5.41, 5.74) is 8.82. The molecule has 0 radical (unpaired) electrons. The van der Waals surface area contributed by atoms with Crippen molar-refractivity contribution in [2.24, 2.45) is 0 Å². The Bertz CT molecular complexity index is 1600. The lowest BCUT2D eigenvalue weighted by Crippen LogP contribution is -2.42. The number of unbranched alkanes of at least 4 members (excludes halogenated alkanes) is 1. The van der Waals surface area contributed by atoms with Gasteiger partial charge in [0, 0.05) is 25.2 Å². The molecule has 12 heteroatoms. The number of nitrogens with two attached hydrogens (primary N) is 1. The fourth-order valence-corrected chi connectivity index (χ4v) is 5.35. The van der Waals surface area contributed by atoms with Crippen molar-refractivity contribution in [3.63, 3.8) is 0 Å². The third-order valence-electron chi connectivity index (χ3n) is 7.63. The molecular formula is C32H39N9O3. The van der Waals surface area contributed by atoms with Crippen molar-refractivity contribution in [3.8, 4) is 22.8 Å². The van der Waals surface area contributed by atoms with E-state index in [2.05, 4.69) is 37.4 Å². The fraction of sp³-hybridized carbons (Fsp3) is 0.344. The van der Waals surface area contributed by atoms with Crippen LogP contribution in [0.5, 0.6) is 11.5 Å². The number of anilines is 2. The number of nitrogen functional groups attached to an aromatic ring is 1. The first-order valence-corrected chi connectivity index (χ1v) is 14.9. The molecule has 2 aromatic carbocycles. The fourth-order valence-electron chi connectivity index (χ4n) is 5.35. The van der Waals surface area contributed by atoms with Gasteiger partial charge in [0.1, 0.15) is 23.6 Å². The molecule has 1 fully saturated rings. The predicted octanol–water partition coefficient (Wildman–Crippen LogP) is 3.75. The highest BCUT2D eigenvalue weighted by atomic mass is 16.5. The Labute approximate surface area is 256 Å². The minimum Gasteiger partial charge on any atom is -0.455 e. The predicted molar refractivity (Wildman–Crippen MR) is 171 cm³/mol. The van der Waals surface area contributed by atoms with E-state index in [1.165, 1.54) is 12.4 Å². The van der Waals surface area contributed by atoms with Crippen molar-refractivity contribution >= 4 is 34.4 Å². The summed E-state index contributed by atoms with van der Waals surface area (Å²) in [7, 11) is 1.93. The van der Waals surface area contributed by atoms with Gasteiger partial charge in [-0.25, -0.2) is 14.6 Å². The number of nitrogens with one attached hydrogen (secondary N) is 3. The Morgan fingerprint density at radius 2 is 1.86 bits per heavy atom. The van der Waals surface area contributed by atoms with Crippen LogP contribution in [0.15, 0.2) is 67.5 Å². The van der Waals surface area contributed by atoms with Crippen molar-refractivity contribution in [2.45, 2.75) is 31.7 Å². The third-order valence-corrected chi connectivity index (χ3v) is 7.63. The molecule has 4 aromatic rings. The van der Waals surface area contributed by atoms with Crippen LogP contribution in [-0.4, -0.2) is 76.2 Å². The molecule has 2 aromatic heterocycles. The minimum absolute atomic E-state index is 0.0549. The number of carbonyl (C=O) groups is 2. The lowest BCUT2D eigenvalue weighted by Gasteiger charge is -2.31. The van der Waals surface area contributed by atoms with Crippen LogP contribution in [0.3, 0.4) is 0 Å². The molecule has 3 heterocycles. The summed E-state index contributed by atoms with van der Waals surface area (Å²) in [6.07, 6.45) is 6.25. The molecule has 1 aliphatic heterocycles. The molecule has 0 aliphatic carbocycles. The Hall–Kier alpha value is -4.81. The third kappa shape index (κ3) is 7.39. The van der Waals surface area contributed by atoms with E-state index in [1.54, 1.807) is 12.1 Å². The number of hydrogen-bond donors (Lipinski definition) is 4. The van der Waals surface area contributed by atoms with E-state index >= 15 is 0 Å². The Morgan fingerprint density at radius 3 is 2.61 bits per heavy atom. The van der Waals surface area contributed by atoms with Crippen molar-refractivity contribution in [1.82, 2.24) is 35.3 Å². The number of hydrogen-bond acceptors (Lipinski definition) is 9. The number of piperidine rings is 1. The second-order valence-electron chi connectivity index (χ2n) is 10.7. The van der Waals surface area contributed by atoms with Gasteiger partial charge in [-0.05, 0) is 75.7 Å². The maximum absolute atomic E-state index is 12.5. The van der Waals surface area contributed by atoms with E-state index in [0.29, 0.717) is 52.8 Å². The zero-order valence-electron chi connectivity index (χ0n) is 25.0. The number of para-hydroxylation sites is 1. The van der Waals surface area contributed by atoms with Gasteiger partial charge in [-0.15, -0.1) is 0 Å². The summed E-state index contributed by atoms with van der Waals surface area (Å²) in [6, 6.07) is 14.9. The molecule has 0 saturated carbocycles. The summed E-state index contributed by atoms with van der Waals surface area (Å²) in [5.74, 6) is 1.11. The Morgan fingerprint density at radius 1 is 1.09 bits per heavy atom. The maximum Gasteiger partial charge on any atom is 0.247 e. The summed E-state index contributed by atoms with van der Waals surface area (Å²) in [5, 5.41) is 14.6. The van der Waals surface area contributed by atoms with E-state index in [4.69, 9.17) is 15.6 Å². The van der Waals surface area contributed by atoms with Crippen LogP contribution in [0.1, 0.15) is 31.7 Å². The van der Waals surface area contributed by atoms with E-state index in [1.807, 2.05) is 48.1 Å². The van der Waals surface area contributed by atoms with E-state index in [-0.39, 0.29) is 17.9 Å². The first kappa shape index (κ1) is 30.6. The molecule has 1 aliphatic rings. The van der Waals surface area contributed by atoms with Gasteiger partial charge in [-0.2, -0.15) is 5.10 Å². The summed E-state index contributed by atoms with van der Waals surface area (Å²) < 4.78 is 8.00. The van der Waals surface area contributed by atoms with Crippen molar-refractivity contribution in [3.05, 3.63) is 67.5 Å². The molecule has 2 amide bonds. The first-order chi connectivity index (χ1) is 21.5. The lowest BCUT2D eigenvalue weighted by molar-refractivity contribution is -0.122. The number of benzene rings is 2. The van der Waals surface area contributed by atoms with Gasteiger partial charge in [0.05, 0.1) is 23.7 Å². The Balaban J connectivity index is 1.36. The number of rotatable bonds is 13. The van der Waals surface area contributed by atoms with E-state index < -0.39 is 0 Å². The molecule has 0 bridgehead atoms. The molecule has 230 valence electrons. The van der Waals surface area contributed by atoms with Crippen molar-refractivity contribution < 1.29 is 14.3 Å². The van der Waals surface area contributed by atoms with Crippen LogP contribution in [-0.2, 0) is 9.59 Å². The average Bonchev–Trinajstić information content (AvgIpc) is 3.43. The molecule has 0 atom stereocenters. The first-order valence-electron chi connectivity index (χ1n) is 14.9. The largest absolute Gasteiger partial charge is 0.455 e. The number of likely N-dealkylation sites (tertiary alicyclic amines) is 1. The monoisotopic (exact) mass is 597 g/mol. The van der Waals surface area contributed by atoms with Gasteiger partial charge in [-0.3, -0.25) is 14.5 Å². The molecule has 5 N–H and O–H groups in total. The second-order valence-corrected chi connectivity index (χ2v) is 10.7. The topological polar surface area (TPSA) is 152 Å².